The summed E-state index contributed by atoms with van der Waals surface area (Å²) in [7, 11) is 0. The lowest BCUT2D eigenvalue weighted by molar-refractivity contribution is -0.130. The zero-order chi connectivity index (χ0) is 29.9. The maximum absolute atomic E-state index is 15.5. The molecular weight excluding hydrogens is 576 g/mol. The predicted octanol–water partition coefficient (Wildman–Crippen LogP) is 4.68. The number of ether oxygens (including phenoxy) is 1. The molecule has 2 aliphatic heterocycles. The van der Waals surface area contributed by atoms with Crippen LogP contribution in [0.2, 0.25) is 0 Å². The highest BCUT2D eigenvalue weighted by molar-refractivity contribution is 8.15. The van der Waals surface area contributed by atoms with E-state index < -0.39 is 28.0 Å². The van der Waals surface area contributed by atoms with Gasteiger partial charge in [0.1, 0.15) is 16.5 Å². The molecule has 5 heterocycles. The molecule has 1 aromatic carbocycles. The van der Waals surface area contributed by atoms with Gasteiger partial charge in [-0.3, -0.25) is 14.8 Å². The van der Waals surface area contributed by atoms with Crippen molar-refractivity contribution in [2.24, 2.45) is 16.6 Å². The Labute approximate surface area is 250 Å². The molecule has 43 heavy (non-hydrogen) atoms. The fraction of sp³-hybridized carbons (Fsp3) is 0.400. The Kier molecular flexibility index (Phi) is 6.60. The molecule has 0 bridgehead atoms. The molecule has 0 spiro atoms. The second-order valence-corrected chi connectivity index (χ2v) is 12.8. The molecule has 7 rings (SSSR count). The third-order valence-electron chi connectivity index (χ3n) is 8.59. The van der Waals surface area contributed by atoms with Crippen LogP contribution in [0.4, 0.5) is 8.78 Å². The van der Waals surface area contributed by atoms with E-state index in [2.05, 4.69) is 24.9 Å². The number of aliphatic imine (C=N–C) groups is 1. The summed E-state index contributed by atoms with van der Waals surface area (Å²) < 4.78 is 41.1. The molecule has 1 amide bonds. The van der Waals surface area contributed by atoms with Crippen LogP contribution in [0.1, 0.15) is 61.9 Å². The Morgan fingerprint density at radius 1 is 1.23 bits per heavy atom. The normalized spacial score (nSPS) is 25.3. The zero-order valence-electron chi connectivity index (χ0n) is 23.6. The lowest BCUT2D eigenvalue weighted by Gasteiger charge is -2.35. The number of oxazole rings is 1. The van der Waals surface area contributed by atoms with Crippen LogP contribution in [0.25, 0.3) is 11.0 Å². The Morgan fingerprint density at radius 2 is 2.05 bits per heavy atom. The van der Waals surface area contributed by atoms with Gasteiger partial charge in [-0.25, -0.2) is 23.7 Å². The minimum atomic E-state index is -1.20. The van der Waals surface area contributed by atoms with Crippen molar-refractivity contribution < 1.29 is 22.7 Å². The van der Waals surface area contributed by atoms with Crippen LogP contribution in [0.15, 0.2) is 52.5 Å². The highest BCUT2D eigenvalue weighted by atomic mass is 32.2. The highest BCUT2D eigenvalue weighted by Gasteiger charge is 2.71. The minimum absolute atomic E-state index is 0.0119. The molecule has 0 radical (unpaired) electrons. The van der Waals surface area contributed by atoms with E-state index in [1.165, 1.54) is 30.4 Å². The fourth-order valence-electron chi connectivity index (χ4n) is 6.39. The largest absolute Gasteiger partial charge is 0.464 e. The molecule has 4 atom stereocenters. The zero-order valence-corrected chi connectivity index (χ0v) is 24.4. The van der Waals surface area contributed by atoms with E-state index >= 15 is 8.78 Å². The second kappa shape index (κ2) is 10.2. The average Bonchev–Trinajstić information content (AvgIpc) is 3.34. The molecule has 4 aromatic rings. The third-order valence-corrected chi connectivity index (χ3v) is 9.88. The molecule has 2 N–H and O–H groups in total. The van der Waals surface area contributed by atoms with Crippen molar-refractivity contribution in [2.45, 2.75) is 55.9 Å². The number of amides is 1. The van der Waals surface area contributed by atoms with E-state index in [4.69, 9.17) is 14.9 Å². The summed E-state index contributed by atoms with van der Waals surface area (Å²) in [4.78, 5) is 37.7. The number of fused-ring (bicyclic) bond motifs is 2. The van der Waals surface area contributed by atoms with Crippen LogP contribution < -0.4 is 10.5 Å². The van der Waals surface area contributed by atoms with Crippen molar-refractivity contribution in [2.75, 3.05) is 13.1 Å². The lowest BCUT2D eigenvalue weighted by atomic mass is 9.84. The Bertz CT molecular complexity index is 1760. The number of thioether (sulfide) groups is 1. The van der Waals surface area contributed by atoms with Gasteiger partial charge in [-0.2, -0.15) is 0 Å². The van der Waals surface area contributed by atoms with Crippen LogP contribution in [-0.2, 0) is 16.8 Å². The summed E-state index contributed by atoms with van der Waals surface area (Å²) in [5.41, 5.74) is 7.18. The second-order valence-electron chi connectivity index (χ2n) is 11.4. The van der Waals surface area contributed by atoms with Gasteiger partial charge in [0.2, 0.25) is 17.7 Å². The average molecular weight is 606 g/mol. The molecule has 13 heteroatoms. The summed E-state index contributed by atoms with van der Waals surface area (Å²) in [5.74, 6) is -1.60. The van der Waals surface area contributed by atoms with Gasteiger partial charge in [-0.1, -0.05) is 11.8 Å². The number of amidine groups is 1. The first kappa shape index (κ1) is 27.7. The number of aromatic nitrogens is 4. The number of likely N-dealkylation sites (tertiary alicyclic amines) is 1. The molecule has 3 aromatic heterocycles. The molecule has 10 nitrogen and oxygen atoms in total. The van der Waals surface area contributed by atoms with Gasteiger partial charge >= 0.3 is 0 Å². The molecule has 222 valence electrons. The maximum atomic E-state index is 15.5. The number of halogens is 2. The van der Waals surface area contributed by atoms with Crippen molar-refractivity contribution in [3.8, 4) is 5.88 Å². The topological polar surface area (TPSA) is 133 Å². The summed E-state index contributed by atoms with van der Waals surface area (Å²) in [6, 6.07) is 4.47. The number of hydrogen-bond acceptors (Lipinski definition) is 10. The van der Waals surface area contributed by atoms with Gasteiger partial charge in [0.25, 0.3) is 0 Å². The molecule has 1 saturated heterocycles. The van der Waals surface area contributed by atoms with Crippen molar-refractivity contribution in [3.63, 3.8) is 0 Å². The van der Waals surface area contributed by atoms with E-state index in [9.17, 15) is 4.79 Å². The van der Waals surface area contributed by atoms with Gasteiger partial charge in [-0.05, 0) is 56.9 Å². The number of nitrogens with two attached hydrogens (primary N) is 1. The Balaban J connectivity index is 1.19. The first-order valence-electron chi connectivity index (χ1n) is 14.2. The van der Waals surface area contributed by atoms with E-state index in [1.54, 1.807) is 32.2 Å². The fourth-order valence-corrected chi connectivity index (χ4v) is 7.83. The predicted molar refractivity (Wildman–Crippen MR) is 155 cm³/mol. The molecule has 2 fully saturated rings. The molecular formula is C30H29F2N7O3S. The first-order chi connectivity index (χ1) is 20.7. The summed E-state index contributed by atoms with van der Waals surface area (Å²) in [6.45, 7) is 4.94. The van der Waals surface area contributed by atoms with E-state index in [1.807, 2.05) is 4.90 Å². The number of rotatable bonds is 7. The van der Waals surface area contributed by atoms with E-state index in [0.717, 1.165) is 18.9 Å². The molecule has 1 aliphatic carbocycles. The minimum Gasteiger partial charge on any atom is -0.464 e. The monoisotopic (exact) mass is 605 g/mol. The number of hydrogen-bond donors (Lipinski definition) is 1. The smallest absolute Gasteiger partial charge is 0.239 e. The number of carbonyl (C=O) groups excluding carboxylic acids is 1. The van der Waals surface area contributed by atoms with Gasteiger partial charge in [-0.15, -0.1) is 0 Å². The molecule has 3 aliphatic rings. The van der Waals surface area contributed by atoms with Gasteiger partial charge < -0.3 is 19.8 Å². The van der Waals surface area contributed by atoms with Crippen molar-refractivity contribution >= 4 is 33.9 Å². The van der Waals surface area contributed by atoms with E-state index in [0.29, 0.717) is 47.7 Å². The maximum Gasteiger partial charge on any atom is 0.239 e. The SMILES string of the molecule is C[C@H](Oc1cnc2c(Cc3cc(F)c(F)c([C@@]4(C)N=C(N)S[C@@]5(C(=O)N6CCCC6)C[C@H]54)c3)nccc2n1)c1ncco1. The Hall–Kier alpha value is -4.13. The van der Waals surface area contributed by atoms with Gasteiger partial charge in [0.15, 0.2) is 22.9 Å². The number of pyridine rings is 1. The summed E-state index contributed by atoms with van der Waals surface area (Å²) in [5, 5.41) is 0.204. The van der Waals surface area contributed by atoms with Gasteiger partial charge in [0, 0.05) is 37.2 Å². The highest BCUT2D eigenvalue weighted by Crippen LogP contribution is 2.66. The molecule has 0 unspecified atom stereocenters. The first-order valence-corrected chi connectivity index (χ1v) is 15.0. The quantitative estimate of drug-likeness (QED) is 0.319. The Morgan fingerprint density at radius 3 is 2.81 bits per heavy atom. The standard InChI is InChI=1S/C30H29F2N7O3S/c1-16(26-35-7-10-41-26)42-23-15-36-25-20(37-23)5-6-34-21(25)13-17-11-18(24(32)19(31)12-17)29(2)22-14-30(22,43-28(33)38-29)27(40)39-8-3-4-9-39/h5-7,10-12,15-16,22H,3-4,8-9,13-14H2,1-2H3,(H2,33,38)/t16-,22-,29+,30-/m0/s1. The van der Waals surface area contributed by atoms with Crippen LogP contribution in [0.5, 0.6) is 5.88 Å². The van der Waals surface area contributed by atoms with Crippen LogP contribution in [0.3, 0.4) is 0 Å². The van der Waals surface area contributed by atoms with Crippen molar-refractivity contribution in [1.82, 2.24) is 24.8 Å². The summed E-state index contributed by atoms with van der Waals surface area (Å²) in [6.07, 6.45) is 8.17. The van der Waals surface area contributed by atoms with Crippen LogP contribution in [-0.4, -0.2) is 53.7 Å². The van der Waals surface area contributed by atoms with Gasteiger partial charge in [0.05, 0.1) is 29.1 Å². The van der Waals surface area contributed by atoms with Crippen molar-refractivity contribution in [3.05, 3.63) is 77.4 Å². The van der Waals surface area contributed by atoms with Crippen molar-refractivity contribution in [1.29, 1.82) is 0 Å². The number of nitrogens with zero attached hydrogens (tertiary/aromatic N) is 6. The molecule has 1 saturated carbocycles. The lowest BCUT2D eigenvalue weighted by Crippen LogP contribution is -2.45. The third kappa shape index (κ3) is 4.70. The van der Waals surface area contributed by atoms with E-state index in [-0.39, 0.29) is 34.9 Å². The van der Waals surface area contributed by atoms with Crippen LogP contribution >= 0.6 is 11.8 Å². The summed E-state index contributed by atoms with van der Waals surface area (Å²) >= 11 is 1.25. The van der Waals surface area contributed by atoms with Crippen LogP contribution in [0, 0.1) is 17.6 Å². The number of benzene rings is 1. The number of carbonyl (C=O) groups is 1.